The molecule has 1 saturated carbocycles. The number of nitrogens with zero attached hydrogens (tertiary/aromatic N) is 2. The lowest BCUT2D eigenvalue weighted by molar-refractivity contribution is -0.116. The molecule has 1 aliphatic heterocycles. The van der Waals surface area contributed by atoms with E-state index in [0.29, 0.717) is 6.42 Å². The summed E-state index contributed by atoms with van der Waals surface area (Å²) < 4.78 is 1.99. The summed E-state index contributed by atoms with van der Waals surface area (Å²) in [5, 5.41) is 3.38. The van der Waals surface area contributed by atoms with Crippen molar-refractivity contribution in [1.82, 2.24) is 9.55 Å². The molecule has 4 nitrogen and oxygen atoms in total. The Morgan fingerprint density at radius 1 is 1.33 bits per heavy atom. The van der Waals surface area contributed by atoms with Gasteiger partial charge in [-0.1, -0.05) is 12.1 Å². The number of carbonyl (C=O) groups is 1. The van der Waals surface area contributed by atoms with E-state index in [1.165, 1.54) is 0 Å². The molecule has 1 aliphatic carbocycles. The Bertz CT molecular complexity index is 683. The van der Waals surface area contributed by atoms with E-state index in [9.17, 15) is 4.79 Å². The van der Waals surface area contributed by atoms with Gasteiger partial charge in [0.2, 0.25) is 5.95 Å². The Morgan fingerprint density at radius 3 is 3.17 bits per heavy atom. The molecule has 0 bridgehead atoms. The fourth-order valence-corrected chi connectivity index (χ4v) is 2.84. The van der Waals surface area contributed by atoms with E-state index in [2.05, 4.69) is 10.3 Å². The zero-order chi connectivity index (χ0) is 12.1. The second-order valence-corrected chi connectivity index (χ2v) is 4.89. The van der Waals surface area contributed by atoms with Crippen LogP contribution in [-0.2, 0) is 4.79 Å². The molecule has 2 heterocycles. The van der Waals surface area contributed by atoms with Crippen LogP contribution in [0.3, 0.4) is 0 Å². The van der Waals surface area contributed by atoms with E-state index in [1.54, 1.807) is 0 Å². The first-order valence-corrected chi connectivity index (χ1v) is 6.31. The Kier molecular flexibility index (Phi) is 1.89. The highest BCUT2D eigenvalue weighted by molar-refractivity contribution is 6.02. The van der Waals surface area contributed by atoms with Crippen LogP contribution < -0.4 is 5.32 Å². The van der Waals surface area contributed by atoms with E-state index >= 15 is 0 Å². The lowest BCUT2D eigenvalue weighted by Crippen LogP contribution is -2.34. The summed E-state index contributed by atoms with van der Waals surface area (Å²) in [5.41, 5.74) is 2.91. The van der Waals surface area contributed by atoms with Crippen LogP contribution in [0.1, 0.15) is 19.3 Å². The molecule has 2 aliphatic rings. The van der Waals surface area contributed by atoms with Gasteiger partial charge in [0, 0.05) is 18.2 Å². The van der Waals surface area contributed by atoms with Crippen molar-refractivity contribution in [3.8, 4) is 0 Å². The normalized spacial score (nSPS) is 22.1. The maximum absolute atomic E-state index is 12.0. The van der Waals surface area contributed by atoms with Gasteiger partial charge in [0.05, 0.1) is 17.1 Å². The van der Waals surface area contributed by atoms with Gasteiger partial charge in [0.15, 0.2) is 5.78 Å². The molecule has 0 spiro atoms. The van der Waals surface area contributed by atoms with E-state index in [1.807, 2.05) is 35.0 Å². The predicted octanol–water partition coefficient (Wildman–Crippen LogP) is 2.42. The number of ketones is 1. The smallest absolute Gasteiger partial charge is 0.208 e. The Hall–Kier alpha value is -2.10. The molecule has 4 rings (SSSR count). The molecule has 1 aromatic carbocycles. The van der Waals surface area contributed by atoms with Crippen molar-refractivity contribution in [2.45, 2.75) is 25.3 Å². The van der Waals surface area contributed by atoms with Gasteiger partial charge in [-0.15, -0.1) is 0 Å². The number of benzene rings is 1. The average Bonchev–Trinajstić information content (AvgIpc) is 2.75. The second-order valence-electron chi connectivity index (χ2n) is 4.89. The van der Waals surface area contributed by atoms with Crippen molar-refractivity contribution in [2.24, 2.45) is 0 Å². The zero-order valence-electron chi connectivity index (χ0n) is 9.89. The van der Waals surface area contributed by atoms with Gasteiger partial charge in [-0.2, -0.15) is 0 Å². The molecule has 2 aromatic rings. The highest BCUT2D eigenvalue weighted by atomic mass is 16.1. The monoisotopic (exact) mass is 239 g/mol. The quantitative estimate of drug-likeness (QED) is 0.768. The van der Waals surface area contributed by atoms with E-state index < -0.39 is 0 Å². The summed E-state index contributed by atoms with van der Waals surface area (Å²) in [6.07, 6.45) is 4.62. The van der Waals surface area contributed by atoms with Crippen LogP contribution in [0.25, 0.3) is 17.2 Å². The van der Waals surface area contributed by atoms with Gasteiger partial charge in [-0.3, -0.25) is 9.36 Å². The Morgan fingerprint density at radius 2 is 2.22 bits per heavy atom. The maximum atomic E-state index is 12.0. The largest absolute Gasteiger partial charge is 0.348 e. The van der Waals surface area contributed by atoms with Crippen LogP contribution in [-0.4, -0.2) is 21.4 Å². The molecular formula is C14H13N3O. The topological polar surface area (TPSA) is 46.9 Å². The van der Waals surface area contributed by atoms with Crippen LogP contribution in [0.5, 0.6) is 0 Å². The third-order valence-corrected chi connectivity index (χ3v) is 3.76. The highest BCUT2D eigenvalue weighted by Crippen LogP contribution is 2.31. The minimum absolute atomic E-state index is 0.149. The second kappa shape index (κ2) is 3.45. The number of aromatic nitrogens is 2. The first-order chi connectivity index (χ1) is 8.83. The van der Waals surface area contributed by atoms with Crippen LogP contribution in [0.15, 0.2) is 29.8 Å². The number of Topliss-reactive ketones (excluding diaryl/α,β-unsaturated/α-hetero) is 1. The molecular weight excluding hydrogens is 226 g/mol. The number of hydrogen-bond donors (Lipinski definition) is 1. The number of anilines is 1. The van der Waals surface area contributed by atoms with Gasteiger partial charge in [0.1, 0.15) is 0 Å². The van der Waals surface area contributed by atoms with Crippen LogP contribution in [0, 0.1) is 0 Å². The SMILES string of the molecule is O=C1CCCC2Nc3nc4ccccc4n3C=C12. The molecule has 90 valence electrons. The van der Waals surface area contributed by atoms with Crippen molar-refractivity contribution in [1.29, 1.82) is 0 Å². The van der Waals surface area contributed by atoms with Crippen molar-refractivity contribution in [3.05, 3.63) is 29.8 Å². The molecule has 0 radical (unpaired) electrons. The predicted molar refractivity (Wildman–Crippen MR) is 70.3 cm³/mol. The number of imidazole rings is 1. The zero-order valence-corrected chi connectivity index (χ0v) is 9.89. The molecule has 1 fully saturated rings. The first-order valence-electron chi connectivity index (χ1n) is 6.31. The summed E-state index contributed by atoms with van der Waals surface area (Å²) in [5.74, 6) is 1.11. The molecule has 1 unspecified atom stereocenters. The summed E-state index contributed by atoms with van der Waals surface area (Å²) in [7, 11) is 0. The lowest BCUT2D eigenvalue weighted by atomic mass is 9.89. The summed E-state index contributed by atoms with van der Waals surface area (Å²) in [4.78, 5) is 16.5. The summed E-state index contributed by atoms with van der Waals surface area (Å²) in [6, 6.07) is 8.14. The molecule has 4 heteroatoms. The molecule has 0 saturated heterocycles. The number of carbonyl (C=O) groups excluding carboxylic acids is 1. The molecule has 1 aromatic heterocycles. The fraction of sp³-hybridized carbons (Fsp3) is 0.286. The van der Waals surface area contributed by atoms with Crippen molar-refractivity contribution < 1.29 is 4.79 Å². The minimum atomic E-state index is 0.149. The van der Waals surface area contributed by atoms with Crippen molar-refractivity contribution >= 4 is 29.0 Å². The molecule has 1 atom stereocenters. The number of fused-ring (bicyclic) bond motifs is 4. The van der Waals surface area contributed by atoms with Crippen LogP contribution >= 0.6 is 0 Å². The molecule has 18 heavy (non-hydrogen) atoms. The minimum Gasteiger partial charge on any atom is -0.348 e. The third kappa shape index (κ3) is 1.26. The fourth-order valence-electron chi connectivity index (χ4n) is 2.84. The highest BCUT2D eigenvalue weighted by Gasteiger charge is 2.30. The van der Waals surface area contributed by atoms with Gasteiger partial charge in [-0.05, 0) is 25.0 Å². The summed E-state index contributed by atoms with van der Waals surface area (Å²) >= 11 is 0. The molecule has 0 amide bonds. The number of para-hydroxylation sites is 2. The summed E-state index contributed by atoms with van der Waals surface area (Å²) in [6.45, 7) is 0. The van der Waals surface area contributed by atoms with Gasteiger partial charge in [0.25, 0.3) is 0 Å². The number of nitrogens with one attached hydrogen (secondary N) is 1. The average molecular weight is 239 g/mol. The lowest BCUT2D eigenvalue weighted by Gasteiger charge is -2.29. The van der Waals surface area contributed by atoms with Gasteiger partial charge >= 0.3 is 0 Å². The number of rotatable bonds is 0. The molecule has 1 N–H and O–H groups in total. The van der Waals surface area contributed by atoms with Gasteiger partial charge in [-0.25, -0.2) is 4.98 Å². The van der Waals surface area contributed by atoms with Crippen LogP contribution in [0.4, 0.5) is 5.95 Å². The van der Waals surface area contributed by atoms with E-state index in [4.69, 9.17) is 0 Å². The van der Waals surface area contributed by atoms with Gasteiger partial charge < -0.3 is 5.32 Å². The number of hydrogen-bond acceptors (Lipinski definition) is 3. The van der Waals surface area contributed by atoms with E-state index in [-0.39, 0.29) is 11.8 Å². The Balaban J connectivity index is 1.95. The standard InChI is InChI=1S/C14H13N3O/c18-13-7-3-5-10-9(13)8-17-12-6-2-1-4-11(12)16-14(17)15-10/h1-2,4,6,8,10H,3,5,7H2,(H,15,16). The maximum Gasteiger partial charge on any atom is 0.208 e. The van der Waals surface area contributed by atoms with Crippen LogP contribution in [0.2, 0.25) is 0 Å². The third-order valence-electron chi connectivity index (χ3n) is 3.76. The first kappa shape index (κ1) is 9.88. The van der Waals surface area contributed by atoms with Crippen molar-refractivity contribution in [3.63, 3.8) is 0 Å². The van der Waals surface area contributed by atoms with Crippen molar-refractivity contribution in [2.75, 3.05) is 5.32 Å². The van der Waals surface area contributed by atoms with E-state index in [0.717, 1.165) is 35.4 Å². The Labute approximate surface area is 104 Å².